The Morgan fingerprint density at radius 2 is 2.24 bits per heavy atom. The van der Waals surface area contributed by atoms with Gasteiger partial charge < -0.3 is 14.5 Å². The Morgan fingerprint density at radius 3 is 2.88 bits per heavy atom. The molecule has 0 atom stereocenters. The molecule has 1 aromatic heterocycles. The van der Waals surface area contributed by atoms with Gasteiger partial charge in [0.1, 0.15) is 16.3 Å². The predicted octanol–water partition coefficient (Wildman–Crippen LogP) is 2.40. The van der Waals surface area contributed by atoms with Gasteiger partial charge in [0.15, 0.2) is 0 Å². The van der Waals surface area contributed by atoms with Crippen molar-refractivity contribution in [3.05, 3.63) is 17.2 Å². The summed E-state index contributed by atoms with van der Waals surface area (Å²) in [5.74, 6) is 0.789. The summed E-state index contributed by atoms with van der Waals surface area (Å²) in [6.45, 7) is 0. The number of imidazole rings is 1. The number of ether oxygens (including phenoxy) is 2. The number of benzene rings is 1. The maximum Gasteiger partial charge on any atom is 0.413 e. The van der Waals surface area contributed by atoms with Gasteiger partial charge in [0.25, 0.3) is 0 Å². The van der Waals surface area contributed by atoms with E-state index in [1.807, 2.05) is 0 Å². The van der Waals surface area contributed by atoms with Gasteiger partial charge in [-0.2, -0.15) is 0 Å². The number of aromatic amines is 1. The highest BCUT2D eigenvalue weighted by molar-refractivity contribution is 6.36. The van der Waals surface area contributed by atoms with E-state index < -0.39 is 6.09 Å². The van der Waals surface area contributed by atoms with Crippen LogP contribution in [0.3, 0.4) is 0 Å². The molecule has 0 fully saturated rings. The summed E-state index contributed by atoms with van der Waals surface area (Å²) >= 11 is 6.07. The zero-order valence-electron chi connectivity index (χ0n) is 9.20. The summed E-state index contributed by atoms with van der Waals surface area (Å²) in [6, 6.07) is 3.47. The van der Waals surface area contributed by atoms with Gasteiger partial charge in [0.05, 0.1) is 19.7 Å². The monoisotopic (exact) mass is 255 g/mol. The van der Waals surface area contributed by atoms with Crippen molar-refractivity contribution >= 4 is 34.7 Å². The number of methoxy groups -OCH3 is 2. The number of nitrogens with zero attached hydrogens (tertiary/aromatic N) is 1. The van der Waals surface area contributed by atoms with Crippen LogP contribution in [0.25, 0.3) is 11.0 Å². The third kappa shape index (κ3) is 2.12. The number of H-pyrrole nitrogens is 1. The van der Waals surface area contributed by atoms with Crippen molar-refractivity contribution in [3.63, 3.8) is 0 Å². The van der Waals surface area contributed by atoms with E-state index in [0.29, 0.717) is 21.8 Å². The summed E-state index contributed by atoms with van der Waals surface area (Å²) in [4.78, 5) is 18.0. The van der Waals surface area contributed by atoms with Crippen molar-refractivity contribution in [1.29, 1.82) is 0 Å². The van der Waals surface area contributed by atoms with Crippen LogP contribution in [-0.4, -0.2) is 30.3 Å². The number of aromatic nitrogens is 2. The van der Waals surface area contributed by atoms with Crippen LogP contribution in [0.1, 0.15) is 0 Å². The summed E-state index contributed by atoms with van der Waals surface area (Å²) in [7, 11) is 2.79. The SMILES string of the molecule is COC(=O)Nc1nc2c(Cl)c(OC)ccc2[nH]1. The largest absolute Gasteiger partial charge is 0.495 e. The van der Waals surface area contributed by atoms with E-state index in [2.05, 4.69) is 20.0 Å². The van der Waals surface area contributed by atoms with Crippen molar-refractivity contribution in [2.45, 2.75) is 0 Å². The highest BCUT2D eigenvalue weighted by atomic mass is 35.5. The van der Waals surface area contributed by atoms with Crippen molar-refractivity contribution in [2.75, 3.05) is 19.5 Å². The molecule has 90 valence electrons. The number of carbonyl (C=O) groups is 1. The maximum atomic E-state index is 11.0. The number of nitrogens with one attached hydrogen (secondary N) is 2. The van der Waals surface area contributed by atoms with E-state index in [-0.39, 0.29) is 5.95 Å². The third-order valence-electron chi connectivity index (χ3n) is 2.18. The molecule has 0 unspecified atom stereocenters. The molecule has 0 aliphatic rings. The number of halogens is 1. The van der Waals surface area contributed by atoms with Gasteiger partial charge in [-0.25, -0.2) is 9.78 Å². The quantitative estimate of drug-likeness (QED) is 0.864. The van der Waals surface area contributed by atoms with E-state index >= 15 is 0 Å². The van der Waals surface area contributed by atoms with Crippen molar-refractivity contribution < 1.29 is 14.3 Å². The number of rotatable bonds is 2. The summed E-state index contributed by atoms with van der Waals surface area (Å²) in [5, 5.41) is 2.81. The lowest BCUT2D eigenvalue weighted by atomic mass is 10.3. The summed E-state index contributed by atoms with van der Waals surface area (Å²) in [5.41, 5.74) is 1.22. The lowest BCUT2D eigenvalue weighted by Crippen LogP contribution is -2.11. The van der Waals surface area contributed by atoms with E-state index in [4.69, 9.17) is 16.3 Å². The van der Waals surface area contributed by atoms with E-state index in [0.717, 1.165) is 0 Å². The fourth-order valence-corrected chi connectivity index (χ4v) is 1.67. The maximum absolute atomic E-state index is 11.0. The molecule has 2 rings (SSSR count). The number of hydrogen-bond donors (Lipinski definition) is 2. The highest BCUT2D eigenvalue weighted by Gasteiger charge is 2.12. The van der Waals surface area contributed by atoms with Crippen LogP contribution in [0.4, 0.5) is 10.7 Å². The molecule has 1 heterocycles. The van der Waals surface area contributed by atoms with Crippen LogP contribution in [-0.2, 0) is 4.74 Å². The zero-order chi connectivity index (χ0) is 12.4. The molecule has 1 amide bonds. The Balaban J connectivity index is 2.43. The Hall–Kier alpha value is -1.95. The van der Waals surface area contributed by atoms with Gasteiger partial charge in [-0.1, -0.05) is 11.6 Å². The number of hydrogen-bond acceptors (Lipinski definition) is 4. The second-order valence-electron chi connectivity index (χ2n) is 3.18. The molecule has 17 heavy (non-hydrogen) atoms. The average molecular weight is 256 g/mol. The first-order valence-electron chi connectivity index (χ1n) is 4.73. The number of carbonyl (C=O) groups excluding carboxylic acids is 1. The number of fused-ring (bicyclic) bond motifs is 1. The molecule has 1 aromatic carbocycles. The van der Waals surface area contributed by atoms with E-state index in [9.17, 15) is 4.79 Å². The third-order valence-corrected chi connectivity index (χ3v) is 2.55. The molecule has 6 nitrogen and oxygen atoms in total. The minimum Gasteiger partial charge on any atom is -0.495 e. The Bertz CT molecular complexity index is 567. The van der Waals surface area contributed by atoms with E-state index in [1.165, 1.54) is 14.2 Å². The smallest absolute Gasteiger partial charge is 0.413 e. The van der Waals surface area contributed by atoms with Gasteiger partial charge in [0, 0.05) is 0 Å². The van der Waals surface area contributed by atoms with Crippen molar-refractivity contribution in [2.24, 2.45) is 0 Å². The summed E-state index contributed by atoms with van der Waals surface area (Å²) < 4.78 is 9.52. The molecule has 0 radical (unpaired) electrons. The molecule has 0 saturated carbocycles. The number of amides is 1. The van der Waals surface area contributed by atoms with Crippen LogP contribution in [0.5, 0.6) is 5.75 Å². The molecule has 7 heteroatoms. The van der Waals surface area contributed by atoms with Gasteiger partial charge in [-0.05, 0) is 12.1 Å². The second kappa shape index (κ2) is 4.50. The molecule has 0 saturated heterocycles. The fourth-order valence-electron chi connectivity index (χ4n) is 1.39. The minimum absolute atomic E-state index is 0.266. The second-order valence-corrected chi connectivity index (χ2v) is 3.56. The topological polar surface area (TPSA) is 76.2 Å². The average Bonchev–Trinajstić information content (AvgIpc) is 2.73. The Kier molecular flexibility index (Phi) is 3.06. The number of anilines is 1. The first-order chi connectivity index (χ1) is 8.15. The van der Waals surface area contributed by atoms with Crippen molar-refractivity contribution in [3.8, 4) is 5.75 Å². The van der Waals surface area contributed by atoms with E-state index in [1.54, 1.807) is 12.1 Å². The van der Waals surface area contributed by atoms with Gasteiger partial charge in [-0.3, -0.25) is 5.32 Å². The Morgan fingerprint density at radius 1 is 1.47 bits per heavy atom. The predicted molar refractivity (Wildman–Crippen MR) is 63.7 cm³/mol. The molecular weight excluding hydrogens is 246 g/mol. The molecule has 0 bridgehead atoms. The molecular formula is C10H10ClN3O3. The molecule has 0 aliphatic carbocycles. The minimum atomic E-state index is -0.604. The van der Waals surface area contributed by atoms with Crippen LogP contribution in [0.15, 0.2) is 12.1 Å². The normalized spacial score (nSPS) is 10.3. The molecule has 0 spiro atoms. The fraction of sp³-hybridized carbons (Fsp3) is 0.200. The lowest BCUT2D eigenvalue weighted by Gasteiger charge is -2.01. The molecule has 0 aliphatic heterocycles. The molecule has 2 N–H and O–H groups in total. The van der Waals surface area contributed by atoms with Crippen LogP contribution in [0.2, 0.25) is 5.02 Å². The van der Waals surface area contributed by atoms with Crippen LogP contribution < -0.4 is 10.1 Å². The van der Waals surface area contributed by atoms with Crippen molar-refractivity contribution in [1.82, 2.24) is 9.97 Å². The Labute approximate surface area is 102 Å². The standard InChI is InChI=1S/C10H10ClN3O3/c1-16-6-4-3-5-8(7(6)11)13-9(12-5)14-10(15)17-2/h3-4H,1-2H3,(H2,12,13,14,15). The van der Waals surface area contributed by atoms with Gasteiger partial charge in [0.2, 0.25) is 5.95 Å². The van der Waals surface area contributed by atoms with Crippen LogP contribution >= 0.6 is 11.6 Å². The first kappa shape index (κ1) is 11.5. The van der Waals surface area contributed by atoms with Crippen LogP contribution in [0, 0.1) is 0 Å². The van der Waals surface area contributed by atoms with Gasteiger partial charge in [-0.15, -0.1) is 0 Å². The highest BCUT2D eigenvalue weighted by Crippen LogP contribution is 2.31. The molecule has 2 aromatic rings. The summed E-state index contributed by atoms with van der Waals surface area (Å²) in [6.07, 6.45) is -0.604. The zero-order valence-corrected chi connectivity index (χ0v) is 9.96. The first-order valence-corrected chi connectivity index (χ1v) is 5.10. The lowest BCUT2D eigenvalue weighted by molar-refractivity contribution is 0.186. The van der Waals surface area contributed by atoms with Gasteiger partial charge >= 0.3 is 6.09 Å².